The molecular formula is C25H32N2O4. The third-order valence-electron chi connectivity index (χ3n) is 5.87. The Morgan fingerprint density at radius 2 is 1.87 bits per heavy atom. The molecule has 2 aromatic rings. The van der Waals surface area contributed by atoms with E-state index >= 15 is 0 Å². The molecule has 1 aliphatic heterocycles. The molecular weight excluding hydrogens is 392 g/mol. The molecule has 31 heavy (non-hydrogen) atoms. The van der Waals surface area contributed by atoms with Crippen molar-refractivity contribution in [2.75, 3.05) is 26.1 Å². The highest BCUT2D eigenvalue weighted by Gasteiger charge is 2.41. The third-order valence-corrected chi connectivity index (χ3v) is 5.87. The SMILES string of the molecule is CCCCN1C(=O)CC[C@H](C(=O)Nc2cc(C)ccc2OC)[C@H]1c1ccccc1OC. The summed E-state index contributed by atoms with van der Waals surface area (Å²) in [5.41, 5.74) is 2.54. The number of hydrogen-bond acceptors (Lipinski definition) is 4. The number of nitrogens with zero attached hydrogens (tertiary/aromatic N) is 1. The Morgan fingerprint density at radius 3 is 2.58 bits per heavy atom. The number of rotatable bonds is 8. The van der Waals surface area contributed by atoms with Gasteiger partial charge in [-0.3, -0.25) is 9.59 Å². The summed E-state index contributed by atoms with van der Waals surface area (Å²) < 4.78 is 11.0. The molecule has 0 unspecified atom stereocenters. The lowest BCUT2D eigenvalue weighted by atomic mass is 9.83. The Bertz CT molecular complexity index is 927. The molecule has 6 heteroatoms. The number of unbranched alkanes of at least 4 members (excludes halogenated alkanes) is 1. The summed E-state index contributed by atoms with van der Waals surface area (Å²) in [5.74, 6) is 0.878. The fourth-order valence-electron chi connectivity index (χ4n) is 4.26. The second-order valence-corrected chi connectivity index (χ2v) is 7.97. The summed E-state index contributed by atoms with van der Waals surface area (Å²) in [7, 11) is 3.20. The maximum absolute atomic E-state index is 13.5. The topological polar surface area (TPSA) is 67.9 Å². The highest BCUT2D eigenvalue weighted by Crippen LogP contribution is 2.41. The average Bonchev–Trinajstić information content (AvgIpc) is 2.78. The maximum Gasteiger partial charge on any atom is 0.230 e. The lowest BCUT2D eigenvalue weighted by molar-refractivity contribution is -0.142. The van der Waals surface area contributed by atoms with E-state index < -0.39 is 5.92 Å². The van der Waals surface area contributed by atoms with Crippen molar-refractivity contribution in [3.8, 4) is 11.5 Å². The van der Waals surface area contributed by atoms with Gasteiger partial charge in [0.2, 0.25) is 11.8 Å². The van der Waals surface area contributed by atoms with E-state index in [9.17, 15) is 9.59 Å². The first kappa shape index (κ1) is 22.7. The van der Waals surface area contributed by atoms with Crippen LogP contribution >= 0.6 is 0 Å². The van der Waals surface area contributed by atoms with Crippen molar-refractivity contribution in [1.29, 1.82) is 0 Å². The van der Waals surface area contributed by atoms with Gasteiger partial charge in [-0.05, 0) is 43.5 Å². The highest BCUT2D eigenvalue weighted by atomic mass is 16.5. The molecule has 166 valence electrons. The minimum atomic E-state index is -0.393. The number of amides is 2. The number of piperidine rings is 1. The molecule has 2 amide bonds. The summed E-state index contributed by atoms with van der Waals surface area (Å²) in [5, 5.41) is 3.06. The van der Waals surface area contributed by atoms with Gasteiger partial charge in [-0.15, -0.1) is 0 Å². The number of carbonyl (C=O) groups is 2. The summed E-state index contributed by atoms with van der Waals surface area (Å²) >= 11 is 0. The van der Waals surface area contributed by atoms with Crippen LogP contribution in [0.15, 0.2) is 42.5 Å². The minimum Gasteiger partial charge on any atom is -0.496 e. The molecule has 0 aliphatic carbocycles. The van der Waals surface area contributed by atoms with Crippen LogP contribution in [-0.2, 0) is 9.59 Å². The maximum atomic E-state index is 13.5. The zero-order valence-corrected chi connectivity index (χ0v) is 18.8. The van der Waals surface area contributed by atoms with E-state index in [2.05, 4.69) is 12.2 Å². The van der Waals surface area contributed by atoms with Gasteiger partial charge in [0.15, 0.2) is 0 Å². The zero-order valence-electron chi connectivity index (χ0n) is 18.8. The molecule has 1 saturated heterocycles. The number of methoxy groups -OCH3 is 2. The van der Waals surface area contributed by atoms with Crippen molar-refractivity contribution < 1.29 is 19.1 Å². The van der Waals surface area contributed by atoms with E-state index in [0.29, 0.717) is 36.6 Å². The van der Waals surface area contributed by atoms with Gasteiger partial charge in [-0.2, -0.15) is 0 Å². The number of nitrogens with one attached hydrogen (secondary N) is 1. The van der Waals surface area contributed by atoms with Gasteiger partial charge in [-0.25, -0.2) is 0 Å². The van der Waals surface area contributed by atoms with Gasteiger partial charge in [0.25, 0.3) is 0 Å². The Balaban J connectivity index is 1.99. The summed E-state index contributed by atoms with van der Waals surface area (Å²) in [6.07, 6.45) is 2.71. The first-order valence-electron chi connectivity index (χ1n) is 10.9. The molecule has 6 nitrogen and oxygen atoms in total. The molecule has 1 heterocycles. The average molecular weight is 425 g/mol. The lowest BCUT2D eigenvalue weighted by Crippen LogP contribution is -2.47. The predicted molar refractivity (Wildman–Crippen MR) is 121 cm³/mol. The van der Waals surface area contributed by atoms with Crippen LogP contribution in [0.25, 0.3) is 0 Å². The fourth-order valence-corrected chi connectivity index (χ4v) is 4.26. The zero-order chi connectivity index (χ0) is 22.4. The summed E-state index contributed by atoms with van der Waals surface area (Å²) in [4.78, 5) is 28.3. The largest absolute Gasteiger partial charge is 0.496 e. The molecule has 2 atom stereocenters. The van der Waals surface area contributed by atoms with Gasteiger partial charge in [0.1, 0.15) is 11.5 Å². The number of anilines is 1. The van der Waals surface area contributed by atoms with Crippen LogP contribution in [0.2, 0.25) is 0 Å². The van der Waals surface area contributed by atoms with Crippen molar-refractivity contribution in [3.05, 3.63) is 53.6 Å². The number of hydrogen-bond donors (Lipinski definition) is 1. The molecule has 3 rings (SSSR count). The standard InChI is InChI=1S/C25H32N2O4/c1-5-6-15-27-23(28)14-12-19(24(27)18-9-7-8-10-21(18)30-3)25(29)26-20-16-17(2)11-13-22(20)31-4/h7-11,13,16,19,24H,5-6,12,14-15H2,1-4H3,(H,26,29)/t19-,24+/m0/s1. The first-order valence-corrected chi connectivity index (χ1v) is 10.9. The van der Waals surface area contributed by atoms with E-state index in [4.69, 9.17) is 9.47 Å². The molecule has 1 aliphatic rings. The van der Waals surface area contributed by atoms with Gasteiger partial charge in [-0.1, -0.05) is 37.6 Å². The number of benzene rings is 2. The van der Waals surface area contributed by atoms with Crippen LogP contribution in [0.1, 0.15) is 49.8 Å². The second-order valence-electron chi connectivity index (χ2n) is 7.97. The molecule has 0 saturated carbocycles. The van der Waals surface area contributed by atoms with E-state index in [1.807, 2.05) is 54.3 Å². The monoisotopic (exact) mass is 424 g/mol. The normalized spacial score (nSPS) is 18.6. The molecule has 0 spiro atoms. The second kappa shape index (κ2) is 10.3. The van der Waals surface area contributed by atoms with Gasteiger partial charge >= 0.3 is 0 Å². The molecule has 0 aromatic heterocycles. The third kappa shape index (κ3) is 5.01. The van der Waals surface area contributed by atoms with Crippen LogP contribution in [-0.4, -0.2) is 37.5 Å². The lowest BCUT2D eigenvalue weighted by Gasteiger charge is -2.41. The number of likely N-dealkylation sites (tertiary alicyclic amines) is 1. The van der Waals surface area contributed by atoms with Crippen LogP contribution in [0.4, 0.5) is 5.69 Å². The Kier molecular flexibility index (Phi) is 7.55. The fraction of sp³-hybridized carbons (Fsp3) is 0.440. The minimum absolute atomic E-state index is 0.0848. The first-order chi connectivity index (χ1) is 15.0. The molecule has 1 fully saturated rings. The van der Waals surface area contributed by atoms with E-state index in [1.165, 1.54) is 0 Å². The van der Waals surface area contributed by atoms with Crippen LogP contribution in [0.5, 0.6) is 11.5 Å². The van der Waals surface area contributed by atoms with Gasteiger partial charge < -0.3 is 19.7 Å². The van der Waals surface area contributed by atoms with Gasteiger partial charge in [0, 0.05) is 18.5 Å². The molecule has 0 radical (unpaired) electrons. The Labute approximate surface area is 184 Å². The van der Waals surface area contributed by atoms with Crippen molar-refractivity contribution >= 4 is 17.5 Å². The summed E-state index contributed by atoms with van der Waals surface area (Å²) in [6.45, 7) is 4.69. The Morgan fingerprint density at radius 1 is 1.13 bits per heavy atom. The number of aryl methyl sites for hydroxylation is 1. The molecule has 2 aromatic carbocycles. The van der Waals surface area contributed by atoms with Gasteiger partial charge in [0.05, 0.1) is 31.9 Å². The number of para-hydroxylation sites is 1. The highest BCUT2D eigenvalue weighted by molar-refractivity contribution is 5.96. The summed E-state index contributed by atoms with van der Waals surface area (Å²) in [6, 6.07) is 13.0. The predicted octanol–water partition coefficient (Wildman–Crippen LogP) is 4.73. The molecule has 0 bridgehead atoms. The Hall–Kier alpha value is -3.02. The quantitative estimate of drug-likeness (QED) is 0.665. The van der Waals surface area contributed by atoms with Crippen LogP contribution in [0.3, 0.4) is 0 Å². The number of ether oxygens (including phenoxy) is 2. The van der Waals surface area contributed by atoms with Crippen LogP contribution in [0, 0.1) is 12.8 Å². The van der Waals surface area contributed by atoms with Crippen molar-refractivity contribution in [2.24, 2.45) is 5.92 Å². The van der Waals surface area contributed by atoms with Crippen molar-refractivity contribution in [2.45, 2.75) is 45.6 Å². The van der Waals surface area contributed by atoms with Crippen LogP contribution < -0.4 is 14.8 Å². The van der Waals surface area contributed by atoms with Crippen molar-refractivity contribution in [3.63, 3.8) is 0 Å². The van der Waals surface area contributed by atoms with Crippen molar-refractivity contribution in [1.82, 2.24) is 4.90 Å². The van der Waals surface area contributed by atoms with E-state index in [0.717, 1.165) is 24.0 Å². The molecule has 1 N–H and O–H groups in total. The van der Waals surface area contributed by atoms with E-state index in [-0.39, 0.29) is 17.9 Å². The van der Waals surface area contributed by atoms with E-state index in [1.54, 1.807) is 14.2 Å². The number of carbonyl (C=O) groups excluding carboxylic acids is 2. The smallest absolute Gasteiger partial charge is 0.230 e.